The van der Waals surface area contributed by atoms with E-state index in [1.165, 1.54) is 6.07 Å². The van der Waals surface area contributed by atoms with Crippen LogP contribution in [0.5, 0.6) is 5.75 Å². The first-order valence-corrected chi connectivity index (χ1v) is 6.90. The smallest absolute Gasteiger partial charge is 0.131 e. The van der Waals surface area contributed by atoms with Crippen molar-refractivity contribution >= 4 is 0 Å². The number of hydrogen-bond acceptors (Lipinski definition) is 2. The van der Waals surface area contributed by atoms with Crippen LogP contribution >= 0.6 is 0 Å². The van der Waals surface area contributed by atoms with Crippen LogP contribution in [0.1, 0.15) is 45.2 Å². The fourth-order valence-electron chi connectivity index (χ4n) is 1.71. The SMILES string of the molecule is C=C(CC)COc1ccc(C(C)NCCC)c(F)c1. The molecule has 0 amide bonds. The Kier molecular flexibility index (Phi) is 6.57. The Bertz CT molecular complexity index is 417. The molecule has 0 radical (unpaired) electrons. The van der Waals surface area contributed by atoms with Crippen LogP contribution in [0.4, 0.5) is 4.39 Å². The van der Waals surface area contributed by atoms with Crippen LogP contribution in [0.25, 0.3) is 0 Å². The molecule has 1 N–H and O–H groups in total. The Morgan fingerprint density at radius 2 is 2.16 bits per heavy atom. The molecule has 1 aromatic carbocycles. The summed E-state index contributed by atoms with van der Waals surface area (Å²) in [5.41, 5.74) is 1.68. The topological polar surface area (TPSA) is 21.3 Å². The van der Waals surface area contributed by atoms with E-state index in [1.54, 1.807) is 6.07 Å². The third kappa shape index (κ3) is 5.03. The van der Waals surface area contributed by atoms with Gasteiger partial charge >= 0.3 is 0 Å². The highest BCUT2D eigenvalue weighted by Gasteiger charge is 2.11. The quantitative estimate of drug-likeness (QED) is 0.710. The molecule has 0 aliphatic carbocycles. The summed E-state index contributed by atoms with van der Waals surface area (Å²) in [6.45, 7) is 11.3. The van der Waals surface area contributed by atoms with Crippen molar-refractivity contribution < 1.29 is 9.13 Å². The van der Waals surface area contributed by atoms with E-state index < -0.39 is 0 Å². The number of hydrogen-bond donors (Lipinski definition) is 1. The molecule has 0 fully saturated rings. The summed E-state index contributed by atoms with van der Waals surface area (Å²) in [6.07, 6.45) is 1.91. The molecule has 0 saturated carbocycles. The lowest BCUT2D eigenvalue weighted by Crippen LogP contribution is -2.20. The van der Waals surface area contributed by atoms with Gasteiger partial charge in [0.2, 0.25) is 0 Å². The maximum atomic E-state index is 14.0. The molecule has 0 spiro atoms. The van der Waals surface area contributed by atoms with Crippen molar-refractivity contribution in [2.45, 2.75) is 39.7 Å². The predicted octanol–water partition coefficient (Wildman–Crippen LogP) is 4.23. The van der Waals surface area contributed by atoms with Crippen LogP contribution in [-0.4, -0.2) is 13.2 Å². The van der Waals surface area contributed by atoms with E-state index in [1.807, 2.05) is 19.9 Å². The summed E-state index contributed by atoms with van der Waals surface area (Å²) >= 11 is 0. The van der Waals surface area contributed by atoms with Crippen LogP contribution < -0.4 is 10.1 Å². The molecule has 1 atom stereocenters. The fraction of sp³-hybridized carbons (Fsp3) is 0.500. The Morgan fingerprint density at radius 1 is 1.42 bits per heavy atom. The molecule has 1 aromatic rings. The van der Waals surface area contributed by atoms with Crippen LogP contribution in [0.15, 0.2) is 30.4 Å². The summed E-state index contributed by atoms with van der Waals surface area (Å²) in [5, 5.41) is 3.27. The second kappa shape index (κ2) is 7.95. The van der Waals surface area contributed by atoms with Crippen LogP contribution in [-0.2, 0) is 0 Å². The third-order valence-corrected chi connectivity index (χ3v) is 3.08. The minimum Gasteiger partial charge on any atom is -0.489 e. The van der Waals surface area contributed by atoms with E-state index in [0.29, 0.717) is 17.9 Å². The normalized spacial score (nSPS) is 12.2. The molecule has 19 heavy (non-hydrogen) atoms. The molecule has 3 heteroatoms. The maximum absolute atomic E-state index is 14.0. The molecular formula is C16H24FNO. The minimum atomic E-state index is -0.226. The Morgan fingerprint density at radius 3 is 2.74 bits per heavy atom. The van der Waals surface area contributed by atoms with Gasteiger partial charge in [0.25, 0.3) is 0 Å². The second-order valence-corrected chi connectivity index (χ2v) is 4.75. The Hall–Kier alpha value is -1.35. The molecular weight excluding hydrogens is 241 g/mol. The Labute approximate surface area is 115 Å². The highest BCUT2D eigenvalue weighted by molar-refractivity contribution is 5.31. The average Bonchev–Trinajstić information content (AvgIpc) is 2.42. The van der Waals surface area contributed by atoms with E-state index >= 15 is 0 Å². The predicted molar refractivity (Wildman–Crippen MR) is 78.0 cm³/mol. The molecule has 0 aliphatic rings. The van der Waals surface area contributed by atoms with E-state index in [4.69, 9.17) is 4.74 Å². The lowest BCUT2D eigenvalue weighted by molar-refractivity contribution is 0.346. The van der Waals surface area contributed by atoms with Crippen LogP contribution in [0, 0.1) is 5.82 Å². The lowest BCUT2D eigenvalue weighted by atomic mass is 10.1. The molecule has 1 unspecified atom stereocenters. The second-order valence-electron chi connectivity index (χ2n) is 4.75. The zero-order valence-corrected chi connectivity index (χ0v) is 12.1. The van der Waals surface area contributed by atoms with Crippen molar-refractivity contribution in [3.8, 4) is 5.75 Å². The highest BCUT2D eigenvalue weighted by atomic mass is 19.1. The zero-order chi connectivity index (χ0) is 14.3. The standard InChI is InChI=1S/C16H24FNO/c1-5-9-18-13(4)15-8-7-14(10-16(15)17)19-11-12(3)6-2/h7-8,10,13,18H,3,5-6,9,11H2,1-2,4H3. The summed E-state index contributed by atoms with van der Waals surface area (Å²) in [6, 6.07) is 5.06. The van der Waals surface area contributed by atoms with Gasteiger partial charge in [0.1, 0.15) is 18.2 Å². The van der Waals surface area contributed by atoms with Gasteiger partial charge in [-0.05, 0) is 37.9 Å². The molecule has 2 nitrogen and oxygen atoms in total. The van der Waals surface area contributed by atoms with E-state index in [-0.39, 0.29) is 11.9 Å². The number of ether oxygens (including phenoxy) is 1. The number of benzene rings is 1. The largest absolute Gasteiger partial charge is 0.489 e. The van der Waals surface area contributed by atoms with Gasteiger partial charge in [-0.15, -0.1) is 0 Å². The average molecular weight is 265 g/mol. The number of rotatable bonds is 8. The first-order valence-electron chi connectivity index (χ1n) is 6.90. The maximum Gasteiger partial charge on any atom is 0.131 e. The summed E-state index contributed by atoms with van der Waals surface area (Å²) < 4.78 is 19.5. The van der Waals surface area contributed by atoms with Gasteiger partial charge in [0.05, 0.1) is 0 Å². The first-order chi connectivity index (χ1) is 9.08. The summed E-state index contributed by atoms with van der Waals surface area (Å²) in [7, 11) is 0. The molecule has 0 saturated heterocycles. The molecule has 0 aromatic heterocycles. The van der Waals surface area contributed by atoms with Gasteiger partial charge in [0, 0.05) is 17.7 Å². The zero-order valence-electron chi connectivity index (χ0n) is 12.1. The van der Waals surface area contributed by atoms with Gasteiger partial charge in [-0.1, -0.05) is 26.5 Å². The lowest BCUT2D eigenvalue weighted by Gasteiger charge is -2.15. The van der Waals surface area contributed by atoms with Crippen LogP contribution in [0.2, 0.25) is 0 Å². The van der Waals surface area contributed by atoms with Crippen molar-refractivity contribution in [2.24, 2.45) is 0 Å². The van der Waals surface area contributed by atoms with Gasteiger partial charge in [0.15, 0.2) is 0 Å². The fourth-order valence-corrected chi connectivity index (χ4v) is 1.71. The molecule has 1 rings (SSSR count). The monoisotopic (exact) mass is 265 g/mol. The van der Waals surface area contributed by atoms with Crippen molar-refractivity contribution in [1.82, 2.24) is 5.32 Å². The van der Waals surface area contributed by atoms with E-state index in [9.17, 15) is 4.39 Å². The molecule has 0 bridgehead atoms. The van der Waals surface area contributed by atoms with Crippen molar-refractivity contribution in [1.29, 1.82) is 0 Å². The van der Waals surface area contributed by atoms with E-state index in [2.05, 4.69) is 18.8 Å². The van der Waals surface area contributed by atoms with Crippen molar-refractivity contribution in [3.05, 3.63) is 41.7 Å². The van der Waals surface area contributed by atoms with Crippen molar-refractivity contribution in [2.75, 3.05) is 13.2 Å². The number of halogens is 1. The van der Waals surface area contributed by atoms with Gasteiger partial charge in [-0.3, -0.25) is 0 Å². The van der Waals surface area contributed by atoms with Crippen LogP contribution in [0.3, 0.4) is 0 Å². The minimum absolute atomic E-state index is 0.0135. The Balaban J connectivity index is 2.66. The molecule has 106 valence electrons. The third-order valence-electron chi connectivity index (χ3n) is 3.08. The van der Waals surface area contributed by atoms with Gasteiger partial charge in [-0.2, -0.15) is 0 Å². The molecule has 0 heterocycles. The summed E-state index contributed by atoms with van der Waals surface area (Å²) in [5.74, 6) is 0.328. The molecule has 0 aliphatic heterocycles. The highest BCUT2D eigenvalue weighted by Crippen LogP contribution is 2.22. The van der Waals surface area contributed by atoms with Gasteiger partial charge < -0.3 is 10.1 Å². The van der Waals surface area contributed by atoms with E-state index in [0.717, 1.165) is 25.0 Å². The van der Waals surface area contributed by atoms with Gasteiger partial charge in [-0.25, -0.2) is 4.39 Å². The first kappa shape index (κ1) is 15.7. The number of nitrogens with one attached hydrogen (secondary N) is 1. The van der Waals surface area contributed by atoms with Crippen molar-refractivity contribution in [3.63, 3.8) is 0 Å². The summed E-state index contributed by atoms with van der Waals surface area (Å²) in [4.78, 5) is 0.